The zero-order chi connectivity index (χ0) is 11.6. The van der Waals surface area contributed by atoms with Gasteiger partial charge in [-0.1, -0.05) is 6.07 Å². The molecule has 0 aliphatic carbocycles. The van der Waals surface area contributed by atoms with Crippen LogP contribution in [-0.4, -0.2) is 42.5 Å². The molecule has 2 heterocycles. The first-order valence-corrected chi connectivity index (χ1v) is 6.37. The van der Waals surface area contributed by atoms with E-state index in [1.54, 1.807) is 0 Å². The number of carbonyl (C=O) groups is 1. The van der Waals surface area contributed by atoms with Crippen LogP contribution >= 0.6 is 11.3 Å². The minimum Gasteiger partial charge on any atom is -0.378 e. The van der Waals surface area contributed by atoms with Crippen LogP contribution in [0.4, 0.5) is 0 Å². The summed E-state index contributed by atoms with van der Waals surface area (Å²) in [5.41, 5.74) is -0.0365. The van der Waals surface area contributed by atoms with Gasteiger partial charge in [0.25, 0.3) is 0 Å². The number of rotatable bonds is 3. The second-order valence-electron chi connectivity index (χ2n) is 4.69. The maximum atomic E-state index is 12.0. The van der Waals surface area contributed by atoms with Crippen molar-refractivity contribution in [3.05, 3.63) is 22.4 Å². The number of nitrogens with zero attached hydrogens (tertiary/aromatic N) is 1. The normalized spacial score (nSPS) is 20.9. The van der Waals surface area contributed by atoms with Gasteiger partial charge in [0.1, 0.15) is 0 Å². The van der Waals surface area contributed by atoms with Gasteiger partial charge in [0.05, 0.1) is 24.6 Å². The van der Waals surface area contributed by atoms with Gasteiger partial charge in [-0.3, -0.25) is 9.69 Å². The van der Waals surface area contributed by atoms with Gasteiger partial charge >= 0.3 is 0 Å². The fourth-order valence-electron chi connectivity index (χ4n) is 1.87. The Bertz CT molecular complexity index is 359. The number of morpholine rings is 1. The third-order valence-corrected chi connectivity index (χ3v) is 3.86. The Morgan fingerprint density at radius 3 is 3.06 bits per heavy atom. The number of Topliss-reactive ketones (excluding diaryl/α,β-unsaturated/α-hetero) is 1. The summed E-state index contributed by atoms with van der Waals surface area (Å²) in [5, 5.41) is 1.94. The molecule has 1 aromatic rings. The number of thiophene rings is 1. The molecule has 0 saturated carbocycles. The van der Waals surface area contributed by atoms with Crippen LogP contribution in [0.5, 0.6) is 0 Å². The van der Waals surface area contributed by atoms with Gasteiger partial charge in [-0.25, -0.2) is 0 Å². The molecule has 16 heavy (non-hydrogen) atoms. The summed E-state index contributed by atoms with van der Waals surface area (Å²) >= 11 is 1.51. The topological polar surface area (TPSA) is 29.5 Å². The Morgan fingerprint density at radius 1 is 1.62 bits per heavy atom. The molecule has 1 aromatic heterocycles. The van der Waals surface area contributed by atoms with E-state index in [0.717, 1.165) is 18.0 Å². The Hall–Kier alpha value is -0.710. The van der Waals surface area contributed by atoms with Gasteiger partial charge in [-0.05, 0) is 25.3 Å². The fraction of sp³-hybridized carbons (Fsp3) is 0.583. The first-order valence-electron chi connectivity index (χ1n) is 5.49. The predicted octanol–water partition coefficient (Wildman–Crippen LogP) is 2.04. The highest BCUT2D eigenvalue weighted by molar-refractivity contribution is 7.12. The number of hydrogen-bond donors (Lipinski definition) is 0. The fourth-order valence-corrected chi connectivity index (χ4v) is 2.53. The molecule has 0 radical (unpaired) electrons. The van der Waals surface area contributed by atoms with Crippen molar-refractivity contribution < 1.29 is 9.53 Å². The van der Waals surface area contributed by atoms with E-state index in [-0.39, 0.29) is 11.3 Å². The third-order valence-electron chi connectivity index (χ3n) is 2.95. The van der Waals surface area contributed by atoms with Gasteiger partial charge in [-0.15, -0.1) is 11.3 Å². The molecule has 0 amide bonds. The molecular weight excluding hydrogens is 222 g/mol. The van der Waals surface area contributed by atoms with Crippen molar-refractivity contribution in [2.75, 3.05) is 26.3 Å². The minimum absolute atomic E-state index is 0.0365. The van der Waals surface area contributed by atoms with E-state index >= 15 is 0 Å². The number of ketones is 1. The van der Waals surface area contributed by atoms with Crippen LogP contribution in [0, 0.1) is 0 Å². The van der Waals surface area contributed by atoms with E-state index < -0.39 is 0 Å². The minimum atomic E-state index is -0.0365. The molecule has 4 heteroatoms. The molecule has 3 nitrogen and oxygen atoms in total. The van der Waals surface area contributed by atoms with Crippen LogP contribution < -0.4 is 0 Å². The molecule has 0 aromatic carbocycles. The van der Waals surface area contributed by atoms with E-state index in [0.29, 0.717) is 13.2 Å². The van der Waals surface area contributed by atoms with Crippen LogP contribution in [0.1, 0.15) is 23.5 Å². The van der Waals surface area contributed by atoms with E-state index in [1.807, 2.05) is 17.5 Å². The molecule has 0 spiro atoms. The lowest BCUT2D eigenvalue weighted by molar-refractivity contribution is -0.0466. The first kappa shape index (κ1) is 11.8. The maximum absolute atomic E-state index is 12.0. The van der Waals surface area contributed by atoms with Crippen molar-refractivity contribution in [1.82, 2.24) is 4.90 Å². The Labute approximate surface area is 100 Å². The van der Waals surface area contributed by atoms with Crippen molar-refractivity contribution in [1.29, 1.82) is 0 Å². The van der Waals surface area contributed by atoms with Crippen LogP contribution in [0.25, 0.3) is 0 Å². The van der Waals surface area contributed by atoms with Gasteiger partial charge in [0.15, 0.2) is 5.78 Å². The molecule has 88 valence electrons. The molecule has 0 bridgehead atoms. The molecule has 1 aliphatic heterocycles. The summed E-state index contributed by atoms with van der Waals surface area (Å²) in [4.78, 5) is 15.0. The van der Waals surface area contributed by atoms with Crippen molar-refractivity contribution in [3.63, 3.8) is 0 Å². The summed E-state index contributed by atoms with van der Waals surface area (Å²) in [7, 11) is 0. The molecule has 1 saturated heterocycles. The molecule has 1 aliphatic rings. The highest BCUT2D eigenvalue weighted by atomic mass is 32.1. The second-order valence-corrected chi connectivity index (χ2v) is 5.63. The van der Waals surface area contributed by atoms with Crippen LogP contribution in [0.3, 0.4) is 0 Å². The Morgan fingerprint density at radius 2 is 2.44 bits per heavy atom. The predicted molar refractivity (Wildman–Crippen MR) is 65.1 cm³/mol. The summed E-state index contributed by atoms with van der Waals surface area (Å²) in [6.07, 6.45) is 0. The SMILES string of the molecule is CC1(C)COCCN1CC(=O)c1cccs1. The van der Waals surface area contributed by atoms with Gasteiger partial charge in [0.2, 0.25) is 0 Å². The van der Waals surface area contributed by atoms with Crippen LogP contribution in [0.15, 0.2) is 17.5 Å². The largest absolute Gasteiger partial charge is 0.378 e. The van der Waals surface area contributed by atoms with Crippen molar-refractivity contribution in [3.8, 4) is 0 Å². The number of ether oxygens (including phenoxy) is 1. The molecule has 1 fully saturated rings. The molecule has 0 unspecified atom stereocenters. The Balaban J connectivity index is 2.01. The summed E-state index contributed by atoms with van der Waals surface area (Å²) in [5.74, 6) is 0.213. The van der Waals surface area contributed by atoms with Crippen LogP contribution in [-0.2, 0) is 4.74 Å². The lowest BCUT2D eigenvalue weighted by Gasteiger charge is -2.41. The first-order chi connectivity index (χ1) is 7.59. The van der Waals surface area contributed by atoms with Gasteiger partial charge in [-0.2, -0.15) is 0 Å². The lowest BCUT2D eigenvalue weighted by Crippen LogP contribution is -2.54. The smallest absolute Gasteiger partial charge is 0.186 e. The van der Waals surface area contributed by atoms with E-state index in [4.69, 9.17) is 4.74 Å². The van der Waals surface area contributed by atoms with Crippen molar-refractivity contribution in [2.24, 2.45) is 0 Å². The molecular formula is C12H17NO2S. The highest BCUT2D eigenvalue weighted by Crippen LogP contribution is 2.20. The zero-order valence-corrected chi connectivity index (χ0v) is 10.5. The van der Waals surface area contributed by atoms with E-state index in [2.05, 4.69) is 18.7 Å². The van der Waals surface area contributed by atoms with Crippen molar-refractivity contribution >= 4 is 17.1 Å². The second kappa shape index (κ2) is 4.65. The maximum Gasteiger partial charge on any atom is 0.186 e. The van der Waals surface area contributed by atoms with Gasteiger partial charge < -0.3 is 4.74 Å². The average molecular weight is 239 g/mol. The number of hydrogen-bond acceptors (Lipinski definition) is 4. The van der Waals surface area contributed by atoms with Crippen molar-refractivity contribution in [2.45, 2.75) is 19.4 Å². The van der Waals surface area contributed by atoms with E-state index in [9.17, 15) is 4.79 Å². The third kappa shape index (κ3) is 2.51. The van der Waals surface area contributed by atoms with Crippen LogP contribution in [0.2, 0.25) is 0 Å². The molecule has 0 N–H and O–H groups in total. The summed E-state index contributed by atoms with van der Waals surface area (Å²) < 4.78 is 5.44. The lowest BCUT2D eigenvalue weighted by atomic mass is 10.0. The number of carbonyl (C=O) groups excluding carboxylic acids is 1. The zero-order valence-electron chi connectivity index (χ0n) is 9.73. The highest BCUT2D eigenvalue weighted by Gasteiger charge is 2.31. The monoisotopic (exact) mass is 239 g/mol. The van der Waals surface area contributed by atoms with E-state index in [1.165, 1.54) is 11.3 Å². The quantitative estimate of drug-likeness (QED) is 0.756. The summed E-state index contributed by atoms with van der Waals surface area (Å²) in [6, 6.07) is 3.81. The Kier molecular flexibility index (Phi) is 3.42. The molecule has 0 atom stereocenters. The summed E-state index contributed by atoms with van der Waals surface area (Å²) in [6.45, 7) is 6.99. The molecule has 2 rings (SSSR count). The standard InChI is InChI=1S/C12H17NO2S/c1-12(2)9-15-6-5-13(12)8-10(14)11-4-3-7-16-11/h3-4,7H,5-6,8-9H2,1-2H3. The average Bonchev–Trinajstić information content (AvgIpc) is 2.74. The van der Waals surface area contributed by atoms with Gasteiger partial charge in [0, 0.05) is 12.1 Å².